The number of likely N-dealkylation sites (N-methyl/N-ethyl adjacent to an activating group) is 1. The van der Waals surface area contributed by atoms with Crippen LogP contribution in [-0.2, 0) is 4.79 Å². The Morgan fingerprint density at radius 2 is 2.00 bits per heavy atom. The van der Waals surface area contributed by atoms with Crippen molar-refractivity contribution in [1.82, 2.24) is 15.1 Å². The van der Waals surface area contributed by atoms with Crippen LogP contribution in [0.15, 0.2) is 18.2 Å². The van der Waals surface area contributed by atoms with Crippen molar-refractivity contribution in [2.75, 3.05) is 25.5 Å². The minimum atomic E-state index is -0.931. The zero-order valence-corrected chi connectivity index (χ0v) is 13.7. The molecule has 5 amide bonds. The van der Waals surface area contributed by atoms with Crippen LogP contribution in [0.4, 0.5) is 19.7 Å². The van der Waals surface area contributed by atoms with Gasteiger partial charge in [-0.15, -0.1) is 0 Å². The maximum absolute atomic E-state index is 13.4. The van der Waals surface area contributed by atoms with E-state index in [-0.39, 0.29) is 16.6 Å². The number of carbonyl (C=O) groups excluding carboxylic acids is 3. The summed E-state index contributed by atoms with van der Waals surface area (Å²) in [5, 5.41) is 5.11. The molecule has 2 saturated heterocycles. The number of urea groups is 2. The fourth-order valence-electron chi connectivity index (χ4n) is 2.98. The van der Waals surface area contributed by atoms with Gasteiger partial charge in [0.2, 0.25) is 0 Å². The molecule has 0 atom stereocenters. The molecule has 0 radical (unpaired) electrons. The van der Waals surface area contributed by atoms with Crippen LogP contribution in [0.3, 0.4) is 0 Å². The molecule has 0 aromatic heterocycles. The summed E-state index contributed by atoms with van der Waals surface area (Å²) in [4.78, 5) is 38.7. The second-order valence-electron chi connectivity index (χ2n) is 5.90. The van der Waals surface area contributed by atoms with E-state index in [1.165, 1.54) is 30.1 Å². The van der Waals surface area contributed by atoms with Crippen molar-refractivity contribution in [1.29, 1.82) is 0 Å². The van der Waals surface area contributed by atoms with Gasteiger partial charge in [-0.05, 0) is 25.0 Å². The van der Waals surface area contributed by atoms with Gasteiger partial charge in [0.05, 0.1) is 10.7 Å². The lowest BCUT2D eigenvalue weighted by molar-refractivity contribution is -0.131. The second kappa shape index (κ2) is 5.94. The van der Waals surface area contributed by atoms with Crippen molar-refractivity contribution in [2.24, 2.45) is 0 Å². The van der Waals surface area contributed by atoms with Crippen LogP contribution < -0.4 is 10.6 Å². The van der Waals surface area contributed by atoms with Gasteiger partial charge in [-0.3, -0.25) is 9.69 Å². The van der Waals surface area contributed by atoms with Crippen LogP contribution in [-0.4, -0.2) is 53.4 Å². The number of anilines is 1. The topological polar surface area (TPSA) is 81.8 Å². The first-order valence-corrected chi connectivity index (χ1v) is 7.82. The van der Waals surface area contributed by atoms with Crippen LogP contribution >= 0.6 is 11.6 Å². The van der Waals surface area contributed by atoms with E-state index in [0.717, 1.165) is 4.90 Å². The van der Waals surface area contributed by atoms with Crippen LogP contribution in [0.1, 0.15) is 12.8 Å². The van der Waals surface area contributed by atoms with E-state index in [1.54, 1.807) is 0 Å². The van der Waals surface area contributed by atoms with Crippen molar-refractivity contribution in [3.63, 3.8) is 0 Å². The third kappa shape index (κ3) is 2.66. The van der Waals surface area contributed by atoms with Crippen molar-refractivity contribution < 1.29 is 18.8 Å². The molecule has 1 spiro atoms. The number of nitrogens with one attached hydrogen (secondary N) is 2. The monoisotopic (exact) mass is 354 g/mol. The second-order valence-corrected chi connectivity index (χ2v) is 6.27. The summed E-state index contributed by atoms with van der Waals surface area (Å²) in [5.41, 5.74) is -0.744. The highest BCUT2D eigenvalue weighted by Gasteiger charge is 2.51. The average molecular weight is 355 g/mol. The number of hydrogen-bond acceptors (Lipinski definition) is 3. The predicted molar refractivity (Wildman–Crippen MR) is 85.3 cm³/mol. The molecule has 2 fully saturated rings. The zero-order chi connectivity index (χ0) is 17.5. The molecule has 2 heterocycles. The Labute approximate surface area is 142 Å². The number of rotatable bonds is 1. The summed E-state index contributed by atoms with van der Waals surface area (Å²) in [6.07, 6.45) is 0.651. The Morgan fingerprint density at radius 1 is 1.33 bits per heavy atom. The number of carbonyl (C=O) groups is 3. The lowest BCUT2D eigenvalue weighted by Gasteiger charge is -2.37. The minimum absolute atomic E-state index is 0.154. The normalized spacial score (nSPS) is 19.6. The first-order chi connectivity index (χ1) is 11.3. The first-order valence-electron chi connectivity index (χ1n) is 7.44. The van der Waals surface area contributed by atoms with E-state index in [0.29, 0.717) is 25.9 Å². The lowest BCUT2D eigenvalue weighted by Crippen LogP contribution is -2.56. The first kappa shape index (κ1) is 16.5. The van der Waals surface area contributed by atoms with Crippen LogP contribution in [0.2, 0.25) is 5.02 Å². The molecule has 1 aromatic rings. The maximum Gasteiger partial charge on any atom is 0.324 e. The number of nitrogens with zero attached hydrogens (tertiary/aromatic N) is 2. The average Bonchev–Trinajstić information content (AvgIpc) is 2.77. The Morgan fingerprint density at radius 3 is 2.58 bits per heavy atom. The molecule has 2 aliphatic heterocycles. The molecule has 24 heavy (non-hydrogen) atoms. The standard InChI is InChI=1S/C15H16ClFN4O3/c1-20-12(22)15(19-14(20)24)5-7-21(8-6-15)13(23)18-10-4-2-3-9(17)11(10)16/h2-4H,5-8H2,1H3,(H,18,23)(H,19,24). The molecule has 3 rings (SSSR count). The third-order valence-corrected chi connectivity index (χ3v) is 4.85. The fraction of sp³-hybridized carbons (Fsp3) is 0.400. The largest absolute Gasteiger partial charge is 0.324 e. The number of likely N-dealkylation sites (tertiary alicyclic amines) is 1. The van der Waals surface area contributed by atoms with Gasteiger partial charge in [0.25, 0.3) is 5.91 Å². The molecule has 9 heteroatoms. The number of benzene rings is 1. The van der Waals surface area contributed by atoms with Gasteiger partial charge in [-0.2, -0.15) is 0 Å². The third-order valence-electron chi connectivity index (χ3n) is 4.46. The maximum atomic E-state index is 13.4. The van der Waals surface area contributed by atoms with E-state index in [2.05, 4.69) is 10.6 Å². The highest BCUT2D eigenvalue weighted by Crippen LogP contribution is 2.30. The zero-order valence-electron chi connectivity index (χ0n) is 12.9. The Bertz CT molecular complexity index is 719. The number of halogens is 2. The van der Waals surface area contributed by atoms with Gasteiger partial charge in [0.15, 0.2) is 0 Å². The molecule has 2 aliphatic rings. The summed E-state index contributed by atoms with van der Waals surface area (Å²) >= 11 is 5.82. The molecule has 0 aliphatic carbocycles. The molecule has 1 aromatic carbocycles. The van der Waals surface area contributed by atoms with E-state index >= 15 is 0 Å². The smallest absolute Gasteiger partial charge is 0.324 e. The highest BCUT2D eigenvalue weighted by molar-refractivity contribution is 6.33. The van der Waals surface area contributed by atoms with E-state index in [1.807, 2.05) is 0 Å². The molecule has 0 unspecified atom stereocenters. The van der Waals surface area contributed by atoms with Crippen molar-refractivity contribution in [2.45, 2.75) is 18.4 Å². The number of amides is 5. The van der Waals surface area contributed by atoms with E-state index in [4.69, 9.17) is 11.6 Å². The number of imide groups is 1. The summed E-state index contributed by atoms with van der Waals surface area (Å²) in [7, 11) is 1.43. The predicted octanol–water partition coefficient (Wildman–Crippen LogP) is 2.03. The van der Waals surface area contributed by atoms with E-state index < -0.39 is 23.4 Å². The Kier molecular flexibility index (Phi) is 4.08. The van der Waals surface area contributed by atoms with Gasteiger partial charge >= 0.3 is 12.1 Å². The fourth-order valence-corrected chi connectivity index (χ4v) is 3.15. The van der Waals surface area contributed by atoms with Gasteiger partial charge < -0.3 is 15.5 Å². The van der Waals surface area contributed by atoms with Crippen LogP contribution in [0.5, 0.6) is 0 Å². The minimum Gasteiger partial charge on any atom is -0.324 e. The number of piperidine rings is 1. The summed E-state index contributed by atoms with van der Waals surface area (Å²) in [6.45, 7) is 0.581. The van der Waals surface area contributed by atoms with Gasteiger partial charge in [-0.1, -0.05) is 17.7 Å². The van der Waals surface area contributed by atoms with Gasteiger partial charge in [-0.25, -0.2) is 14.0 Å². The highest BCUT2D eigenvalue weighted by atomic mass is 35.5. The van der Waals surface area contributed by atoms with Gasteiger partial charge in [0, 0.05) is 20.1 Å². The van der Waals surface area contributed by atoms with Crippen molar-refractivity contribution in [3.8, 4) is 0 Å². The van der Waals surface area contributed by atoms with E-state index in [9.17, 15) is 18.8 Å². The lowest BCUT2D eigenvalue weighted by atomic mass is 9.87. The summed E-state index contributed by atoms with van der Waals surface area (Å²) in [6, 6.07) is 3.30. The Hall–Kier alpha value is -2.35. The molecule has 128 valence electrons. The SMILES string of the molecule is CN1C(=O)NC2(CCN(C(=O)Nc3cccc(F)c3Cl)CC2)C1=O. The molecule has 2 N–H and O–H groups in total. The molecular weight excluding hydrogens is 339 g/mol. The quantitative estimate of drug-likeness (QED) is 0.757. The summed E-state index contributed by atoms with van der Waals surface area (Å²) in [5.74, 6) is -0.893. The van der Waals surface area contributed by atoms with Crippen LogP contribution in [0, 0.1) is 5.82 Å². The molecule has 7 nitrogen and oxygen atoms in total. The molecular formula is C15H16ClFN4O3. The van der Waals surface area contributed by atoms with Crippen molar-refractivity contribution in [3.05, 3.63) is 29.0 Å². The van der Waals surface area contributed by atoms with Gasteiger partial charge in [0.1, 0.15) is 11.4 Å². The summed E-state index contributed by atoms with van der Waals surface area (Å²) < 4.78 is 13.4. The molecule has 0 bridgehead atoms. The van der Waals surface area contributed by atoms with Crippen molar-refractivity contribution >= 4 is 35.3 Å². The number of hydrogen-bond donors (Lipinski definition) is 2. The molecule has 0 saturated carbocycles. The van der Waals surface area contributed by atoms with Crippen LogP contribution in [0.25, 0.3) is 0 Å². The Balaban J connectivity index is 1.65.